The highest BCUT2D eigenvalue weighted by molar-refractivity contribution is 14.0. The third-order valence-electron chi connectivity index (χ3n) is 3.43. The molecule has 1 rings (SSSR count). The van der Waals surface area contributed by atoms with Crippen molar-refractivity contribution < 1.29 is 4.79 Å². The van der Waals surface area contributed by atoms with E-state index in [1.165, 1.54) is 16.0 Å². The van der Waals surface area contributed by atoms with Crippen LogP contribution in [0.2, 0.25) is 0 Å². The molecule has 1 aromatic rings. The first-order valence-electron chi connectivity index (χ1n) is 8.19. The van der Waals surface area contributed by atoms with E-state index < -0.39 is 0 Å². The molecule has 0 atom stereocenters. The Morgan fingerprint density at radius 3 is 2.52 bits per heavy atom. The zero-order chi connectivity index (χ0) is 18.1. The van der Waals surface area contributed by atoms with E-state index in [0.717, 1.165) is 6.54 Å². The summed E-state index contributed by atoms with van der Waals surface area (Å²) in [4.78, 5) is 19.2. The van der Waals surface area contributed by atoms with Gasteiger partial charge in [-0.1, -0.05) is 26.0 Å². The number of carbonyl (C=O) groups excluding carboxylic acids is 1. The molecule has 0 aliphatic rings. The van der Waals surface area contributed by atoms with E-state index >= 15 is 0 Å². The van der Waals surface area contributed by atoms with Crippen molar-refractivity contribution in [3.05, 3.63) is 29.3 Å². The van der Waals surface area contributed by atoms with E-state index in [-0.39, 0.29) is 36.4 Å². The quantitative estimate of drug-likeness (QED) is 0.274. The van der Waals surface area contributed by atoms with Crippen molar-refractivity contribution in [2.45, 2.75) is 32.2 Å². The van der Waals surface area contributed by atoms with Crippen molar-refractivity contribution in [3.63, 3.8) is 0 Å². The molecule has 0 unspecified atom stereocenters. The molecule has 0 saturated carbocycles. The fourth-order valence-corrected chi connectivity index (χ4v) is 2.64. The number of halogens is 1. The molecule has 0 bridgehead atoms. The van der Waals surface area contributed by atoms with E-state index in [9.17, 15) is 4.79 Å². The van der Waals surface area contributed by atoms with Crippen molar-refractivity contribution in [2.75, 3.05) is 33.4 Å². The standard InChI is InChI=1S/C18H30N4OS.HI/c1-13(2)10-19-18(21-12-17(23)22(4)5)20-11-15-8-7-14(3)9-16(15)24-6;/h7-9,13H,10-12H2,1-6H3,(H2,19,20,21);1H. The maximum atomic E-state index is 11.8. The van der Waals surface area contributed by atoms with Crippen LogP contribution >= 0.6 is 35.7 Å². The highest BCUT2D eigenvalue weighted by Gasteiger charge is 2.07. The predicted octanol–water partition coefficient (Wildman–Crippen LogP) is 3.11. The fraction of sp³-hybridized carbons (Fsp3) is 0.556. The molecule has 0 aliphatic heterocycles. The number of aryl methyl sites for hydroxylation is 1. The Labute approximate surface area is 173 Å². The Balaban J connectivity index is 0.00000576. The van der Waals surface area contributed by atoms with Gasteiger partial charge in [-0.25, -0.2) is 4.99 Å². The number of likely N-dealkylation sites (N-methyl/N-ethyl adjacent to an activating group) is 1. The molecule has 0 spiro atoms. The SMILES string of the molecule is CSc1cc(C)ccc1CN=C(NCC(=O)N(C)C)NCC(C)C.I. The molecule has 0 aromatic heterocycles. The molecule has 0 saturated heterocycles. The maximum absolute atomic E-state index is 11.8. The van der Waals surface area contributed by atoms with Crippen LogP contribution in [0.15, 0.2) is 28.1 Å². The second-order valence-electron chi connectivity index (χ2n) is 6.40. The highest BCUT2D eigenvalue weighted by Crippen LogP contribution is 2.22. The molecule has 1 aromatic carbocycles. The normalized spacial score (nSPS) is 11.1. The molecule has 0 heterocycles. The molecule has 5 nitrogen and oxygen atoms in total. The molecule has 0 radical (unpaired) electrons. The summed E-state index contributed by atoms with van der Waals surface area (Å²) in [6.45, 7) is 8.01. The van der Waals surface area contributed by atoms with E-state index in [0.29, 0.717) is 18.4 Å². The first-order valence-corrected chi connectivity index (χ1v) is 9.41. The average Bonchev–Trinajstić information content (AvgIpc) is 2.54. The largest absolute Gasteiger partial charge is 0.356 e. The number of nitrogens with one attached hydrogen (secondary N) is 2. The Bertz CT molecular complexity index is 576. The number of thioether (sulfide) groups is 1. The summed E-state index contributed by atoms with van der Waals surface area (Å²) < 4.78 is 0. The number of rotatable bonds is 7. The van der Waals surface area contributed by atoms with Gasteiger partial charge in [0, 0.05) is 25.5 Å². The van der Waals surface area contributed by atoms with Crippen molar-refractivity contribution in [1.29, 1.82) is 0 Å². The van der Waals surface area contributed by atoms with Crippen molar-refractivity contribution in [2.24, 2.45) is 10.9 Å². The number of benzene rings is 1. The lowest BCUT2D eigenvalue weighted by molar-refractivity contribution is -0.127. The minimum Gasteiger partial charge on any atom is -0.356 e. The van der Waals surface area contributed by atoms with Crippen LogP contribution in [-0.4, -0.2) is 50.2 Å². The molecular weight excluding hydrogens is 447 g/mol. The van der Waals surface area contributed by atoms with E-state index in [1.54, 1.807) is 30.8 Å². The van der Waals surface area contributed by atoms with Gasteiger partial charge in [-0.3, -0.25) is 4.79 Å². The van der Waals surface area contributed by atoms with Gasteiger partial charge in [0.2, 0.25) is 5.91 Å². The molecule has 25 heavy (non-hydrogen) atoms. The average molecular weight is 478 g/mol. The molecule has 142 valence electrons. The van der Waals surface area contributed by atoms with Gasteiger partial charge in [0.05, 0.1) is 13.1 Å². The zero-order valence-electron chi connectivity index (χ0n) is 16.0. The molecule has 0 aliphatic carbocycles. The summed E-state index contributed by atoms with van der Waals surface area (Å²) >= 11 is 1.73. The molecule has 0 fully saturated rings. The van der Waals surface area contributed by atoms with Crippen molar-refractivity contribution >= 4 is 47.6 Å². The second kappa shape index (κ2) is 12.4. The number of hydrogen-bond acceptors (Lipinski definition) is 3. The Hall–Kier alpha value is -0.960. The smallest absolute Gasteiger partial charge is 0.241 e. The van der Waals surface area contributed by atoms with Gasteiger partial charge in [-0.15, -0.1) is 35.7 Å². The van der Waals surface area contributed by atoms with Crippen LogP contribution in [0.1, 0.15) is 25.0 Å². The minimum absolute atomic E-state index is 0. The van der Waals surface area contributed by atoms with Gasteiger partial charge in [0.15, 0.2) is 5.96 Å². The summed E-state index contributed by atoms with van der Waals surface area (Å²) in [5, 5.41) is 6.41. The lowest BCUT2D eigenvalue weighted by Crippen LogP contribution is -2.44. The van der Waals surface area contributed by atoms with Gasteiger partial charge in [-0.05, 0) is 36.3 Å². The van der Waals surface area contributed by atoms with E-state index in [2.05, 4.69) is 60.9 Å². The van der Waals surface area contributed by atoms with Gasteiger partial charge in [0.25, 0.3) is 0 Å². The number of guanidine groups is 1. The summed E-state index contributed by atoms with van der Waals surface area (Å²) in [5.41, 5.74) is 2.44. The fourth-order valence-electron chi connectivity index (χ4n) is 1.94. The molecule has 1 amide bonds. The third-order valence-corrected chi connectivity index (χ3v) is 4.25. The third kappa shape index (κ3) is 9.34. The number of aliphatic imine (C=N–C) groups is 1. The van der Waals surface area contributed by atoms with Crippen LogP contribution < -0.4 is 10.6 Å². The summed E-state index contributed by atoms with van der Waals surface area (Å²) in [6, 6.07) is 6.41. The maximum Gasteiger partial charge on any atom is 0.241 e. The summed E-state index contributed by atoms with van der Waals surface area (Å²) in [5.74, 6) is 1.20. The van der Waals surface area contributed by atoms with Crippen LogP contribution in [0.4, 0.5) is 0 Å². The summed E-state index contributed by atoms with van der Waals surface area (Å²) in [7, 11) is 3.50. The Morgan fingerprint density at radius 1 is 1.28 bits per heavy atom. The number of nitrogens with zero attached hydrogens (tertiary/aromatic N) is 2. The highest BCUT2D eigenvalue weighted by atomic mass is 127. The van der Waals surface area contributed by atoms with Crippen LogP contribution in [0.25, 0.3) is 0 Å². The Kier molecular flexibility index (Phi) is 11.9. The minimum atomic E-state index is 0. The van der Waals surface area contributed by atoms with Crippen LogP contribution in [0.5, 0.6) is 0 Å². The summed E-state index contributed by atoms with van der Waals surface area (Å²) in [6.07, 6.45) is 2.08. The second-order valence-corrected chi connectivity index (χ2v) is 7.24. The number of hydrogen-bond donors (Lipinski definition) is 2. The number of carbonyl (C=O) groups is 1. The van der Waals surface area contributed by atoms with Crippen LogP contribution in [0, 0.1) is 12.8 Å². The zero-order valence-corrected chi connectivity index (χ0v) is 19.2. The van der Waals surface area contributed by atoms with Crippen LogP contribution in [-0.2, 0) is 11.3 Å². The lowest BCUT2D eigenvalue weighted by Gasteiger charge is -2.16. The predicted molar refractivity (Wildman–Crippen MR) is 119 cm³/mol. The van der Waals surface area contributed by atoms with Crippen molar-refractivity contribution in [1.82, 2.24) is 15.5 Å². The van der Waals surface area contributed by atoms with Crippen LogP contribution in [0.3, 0.4) is 0 Å². The number of amides is 1. The lowest BCUT2D eigenvalue weighted by atomic mass is 10.1. The van der Waals surface area contributed by atoms with Gasteiger partial charge < -0.3 is 15.5 Å². The first kappa shape index (κ1) is 24.0. The van der Waals surface area contributed by atoms with E-state index in [1.807, 2.05) is 0 Å². The van der Waals surface area contributed by atoms with Gasteiger partial charge in [-0.2, -0.15) is 0 Å². The molecule has 2 N–H and O–H groups in total. The first-order chi connectivity index (χ1) is 11.3. The van der Waals surface area contributed by atoms with E-state index in [4.69, 9.17) is 0 Å². The van der Waals surface area contributed by atoms with Gasteiger partial charge >= 0.3 is 0 Å². The topological polar surface area (TPSA) is 56.7 Å². The van der Waals surface area contributed by atoms with Crippen molar-refractivity contribution in [3.8, 4) is 0 Å². The Morgan fingerprint density at radius 2 is 1.96 bits per heavy atom. The molecule has 7 heteroatoms. The monoisotopic (exact) mass is 478 g/mol. The molecular formula is C18H31IN4OS. The van der Waals surface area contributed by atoms with Gasteiger partial charge in [0.1, 0.15) is 0 Å².